The molecule has 1 aliphatic rings. The molecule has 0 bridgehead atoms. The molecule has 0 unspecified atom stereocenters. The maximum atomic E-state index is 12.5. The minimum Gasteiger partial charge on any atom is -0.379 e. The molecule has 1 amide bonds. The molecule has 3 aromatic rings. The molecule has 2 N–H and O–H groups in total. The molecule has 1 fully saturated rings. The molecule has 6 nitrogen and oxygen atoms in total. The van der Waals surface area contributed by atoms with Crippen molar-refractivity contribution in [1.29, 1.82) is 0 Å². The number of fused-ring (bicyclic) bond motifs is 1. The second-order valence-corrected chi connectivity index (χ2v) is 7.94. The first kappa shape index (κ1) is 20.6. The number of para-hydroxylation sites is 2. The zero-order chi connectivity index (χ0) is 20.8. The van der Waals surface area contributed by atoms with E-state index < -0.39 is 0 Å². The van der Waals surface area contributed by atoms with Crippen molar-refractivity contribution < 1.29 is 9.53 Å². The molecule has 158 valence electrons. The Morgan fingerprint density at radius 1 is 1.20 bits per heavy atom. The molecule has 0 saturated carbocycles. The SMILES string of the molecule is Cc1cccc([C@@H](CNC(=O)CCCc2nc3ccccc3[nH]2)N2CCOCC2)c1. The normalized spacial score (nSPS) is 15.9. The van der Waals surface area contributed by atoms with E-state index in [1.165, 1.54) is 11.1 Å². The number of aromatic amines is 1. The third-order valence-corrected chi connectivity index (χ3v) is 5.66. The second kappa shape index (κ2) is 9.87. The summed E-state index contributed by atoms with van der Waals surface area (Å²) in [6, 6.07) is 16.7. The molecule has 0 radical (unpaired) electrons. The summed E-state index contributed by atoms with van der Waals surface area (Å²) in [6.07, 6.45) is 2.05. The summed E-state index contributed by atoms with van der Waals surface area (Å²) in [5.41, 5.74) is 4.51. The molecule has 1 aromatic heterocycles. The molecular formula is C24H30N4O2. The number of morpholine rings is 1. The number of benzene rings is 2. The monoisotopic (exact) mass is 406 g/mol. The molecule has 1 saturated heterocycles. The van der Waals surface area contributed by atoms with Crippen LogP contribution in [0, 0.1) is 6.92 Å². The highest BCUT2D eigenvalue weighted by Crippen LogP contribution is 2.22. The van der Waals surface area contributed by atoms with E-state index in [0.29, 0.717) is 13.0 Å². The number of hydrogen-bond acceptors (Lipinski definition) is 4. The highest BCUT2D eigenvalue weighted by Gasteiger charge is 2.23. The molecular weight excluding hydrogens is 376 g/mol. The van der Waals surface area contributed by atoms with Crippen LogP contribution in [0.1, 0.15) is 35.8 Å². The van der Waals surface area contributed by atoms with Crippen LogP contribution in [0.2, 0.25) is 0 Å². The van der Waals surface area contributed by atoms with Gasteiger partial charge in [-0.25, -0.2) is 4.98 Å². The number of rotatable bonds is 8. The van der Waals surface area contributed by atoms with Crippen molar-refractivity contribution >= 4 is 16.9 Å². The van der Waals surface area contributed by atoms with Gasteiger partial charge in [-0.15, -0.1) is 0 Å². The Morgan fingerprint density at radius 3 is 2.83 bits per heavy atom. The van der Waals surface area contributed by atoms with Gasteiger partial charge in [0.1, 0.15) is 5.82 Å². The Morgan fingerprint density at radius 2 is 2.03 bits per heavy atom. The number of aryl methyl sites for hydroxylation is 2. The molecule has 2 aromatic carbocycles. The van der Waals surface area contributed by atoms with E-state index in [9.17, 15) is 4.79 Å². The van der Waals surface area contributed by atoms with Gasteiger partial charge in [0.25, 0.3) is 0 Å². The lowest BCUT2D eigenvalue weighted by atomic mass is 10.0. The number of nitrogens with one attached hydrogen (secondary N) is 2. The standard InChI is InChI=1S/C24H30N4O2/c1-18-6-4-7-19(16-18)22(28-12-14-30-15-13-28)17-25-24(29)11-5-10-23-26-20-8-2-3-9-21(20)27-23/h2-4,6-9,16,22H,5,10-15,17H2,1H3,(H,25,29)(H,26,27)/t22-/m1/s1. The largest absolute Gasteiger partial charge is 0.379 e. The predicted octanol–water partition coefficient (Wildman–Crippen LogP) is 3.38. The van der Waals surface area contributed by atoms with E-state index in [-0.39, 0.29) is 11.9 Å². The van der Waals surface area contributed by atoms with E-state index in [0.717, 1.165) is 56.0 Å². The first-order valence-corrected chi connectivity index (χ1v) is 10.8. The number of ether oxygens (including phenoxy) is 1. The van der Waals surface area contributed by atoms with Gasteiger partial charge in [0.2, 0.25) is 5.91 Å². The number of hydrogen-bond donors (Lipinski definition) is 2. The van der Waals surface area contributed by atoms with Crippen LogP contribution >= 0.6 is 0 Å². The summed E-state index contributed by atoms with van der Waals surface area (Å²) in [4.78, 5) is 22.8. The van der Waals surface area contributed by atoms with Gasteiger partial charge < -0.3 is 15.0 Å². The van der Waals surface area contributed by atoms with Crippen molar-refractivity contribution in [2.75, 3.05) is 32.8 Å². The highest BCUT2D eigenvalue weighted by atomic mass is 16.5. The summed E-state index contributed by atoms with van der Waals surface area (Å²) in [7, 11) is 0. The van der Waals surface area contributed by atoms with Crippen molar-refractivity contribution in [2.45, 2.75) is 32.2 Å². The van der Waals surface area contributed by atoms with Crippen LogP contribution in [0.25, 0.3) is 11.0 Å². The van der Waals surface area contributed by atoms with Gasteiger partial charge in [-0.1, -0.05) is 42.0 Å². The molecule has 1 aliphatic heterocycles. The van der Waals surface area contributed by atoms with Crippen LogP contribution in [0.5, 0.6) is 0 Å². The minimum atomic E-state index is 0.0945. The van der Waals surface area contributed by atoms with E-state index in [1.807, 2.05) is 24.3 Å². The lowest BCUT2D eigenvalue weighted by molar-refractivity contribution is -0.121. The fourth-order valence-electron chi connectivity index (χ4n) is 4.06. The lowest BCUT2D eigenvalue weighted by Gasteiger charge is -2.35. The van der Waals surface area contributed by atoms with Gasteiger partial charge >= 0.3 is 0 Å². The summed E-state index contributed by atoms with van der Waals surface area (Å²) in [5, 5.41) is 3.16. The Kier molecular flexibility index (Phi) is 6.77. The number of carbonyl (C=O) groups is 1. The number of nitrogens with zero attached hydrogens (tertiary/aromatic N) is 2. The first-order chi connectivity index (χ1) is 14.7. The quantitative estimate of drug-likeness (QED) is 0.602. The highest BCUT2D eigenvalue weighted by molar-refractivity contribution is 5.76. The number of carbonyl (C=O) groups excluding carboxylic acids is 1. The van der Waals surface area contributed by atoms with Crippen LogP contribution < -0.4 is 5.32 Å². The van der Waals surface area contributed by atoms with E-state index >= 15 is 0 Å². The first-order valence-electron chi connectivity index (χ1n) is 10.8. The smallest absolute Gasteiger partial charge is 0.220 e. The molecule has 0 spiro atoms. The maximum absolute atomic E-state index is 12.5. The Hall–Kier alpha value is -2.70. The fraction of sp³-hybridized carbons (Fsp3) is 0.417. The maximum Gasteiger partial charge on any atom is 0.220 e. The van der Waals surface area contributed by atoms with Gasteiger partial charge in [-0.3, -0.25) is 9.69 Å². The molecule has 1 atom stereocenters. The Bertz CT molecular complexity index is 945. The van der Waals surface area contributed by atoms with Crippen LogP contribution in [0.15, 0.2) is 48.5 Å². The van der Waals surface area contributed by atoms with Crippen molar-refractivity contribution in [3.05, 3.63) is 65.5 Å². The predicted molar refractivity (Wildman–Crippen MR) is 118 cm³/mol. The second-order valence-electron chi connectivity index (χ2n) is 7.94. The third-order valence-electron chi connectivity index (χ3n) is 5.66. The average molecular weight is 407 g/mol. The Balaban J connectivity index is 1.30. The molecule has 4 rings (SSSR count). The lowest BCUT2D eigenvalue weighted by Crippen LogP contribution is -2.43. The van der Waals surface area contributed by atoms with Gasteiger partial charge in [-0.05, 0) is 31.0 Å². The van der Waals surface area contributed by atoms with E-state index in [4.69, 9.17) is 4.74 Å². The molecule has 30 heavy (non-hydrogen) atoms. The number of imidazole rings is 1. The van der Waals surface area contributed by atoms with Crippen LogP contribution in [0.4, 0.5) is 0 Å². The average Bonchev–Trinajstić information content (AvgIpc) is 3.17. The van der Waals surface area contributed by atoms with Crippen molar-refractivity contribution in [3.63, 3.8) is 0 Å². The van der Waals surface area contributed by atoms with Crippen molar-refractivity contribution in [3.8, 4) is 0 Å². The van der Waals surface area contributed by atoms with Crippen LogP contribution in [0.3, 0.4) is 0 Å². The summed E-state index contributed by atoms with van der Waals surface area (Å²) in [6.45, 7) is 5.99. The summed E-state index contributed by atoms with van der Waals surface area (Å²) < 4.78 is 5.51. The summed E-state index contributed by atoms with van der Waals surface area (Å²) in [5.74, 6) is 1.03. The molecule has 2 heterocycles. The minimum absolute atomic E-state index is 0.0945. The zero-order valence-corrected chi connectivity index (χ0v) is 17.6. The summed E-state index contributed by atoms with van der Waals surface area (Å²) >= 11 is 0. The van der Waals surface area contributed by atoms with E-state index in [2.05, 4.69) is 51.4 Å². The number of H-pyrrole nitrogens is 1. The van der Waals surface area contributed by atoms with Gasteiger partial charge in [0, 0.05) is 32.5 Å². The Labute approximate surface area is 177 Å². The third kappa shape index (κ3) is 5.26. The van der Waals surface area contributed by atoms with Crippen LogP contribution in [-0.2, 0) is 16.0 Å². The zero-order valence-electron chi connectivity index (χ0n) is 17.6. The molecule has 0 aliphatic carbocycles. The van der Waals surface area contributed by atoms with Gasteiger partial charge in [0.05, 0.1) is 30.3 Å². The van der Waals surface area contributed by atoms with E-state index in [1.54, 1.807) is 0 Å². The van der Waals surface area contributed by atoms with Crippen molar-refractivity contribution in [2.24, 2.45) is 0 Å². The fourth-order valence-corrected chi connectivity index (χ4v) is 4.06. The number of aromatic nitrogens is 2. The van der Waals surface area contributed by atoms with Gasteiger partial charge in [0.15, 0.2) is 0 Å². The van der Waals surface area contributed by atoms with Crippen molar-refractivity contribution in [1.82, 2.24) is 20.2 Å². The topological polar surface area (TPSA) is 70.2 Å². The number of amides is 1. The molecule has 6 heteroatoms. The van der Waals surface area contributed by atoms with Gasteiger partial charge in [-0.2, -0.15) is 0 Å². The van der Waals surface area contributed by atoms with Crippen LogP contribution in [-0.4, -0.2) is 53.6 Å².